The zero-order valence-corrected chi connectivity index (χ0v) is 12.1. The van der Waals surface area contributed by atoms with E-state index in [4.69, 9.17) is 23.2 Å². The van der Waals surface area contributed by atoms with Gasteiger partial charge in [0.25, 0.3) is 0 Å². The molecule has 0 saturated heterocycles. The Hall–Kier alpha value is -0.280. The third kappa shape index (κ3) is 5.26. The lowest BCUT2D eigenvalue weighted by atomic mass is 10.2. The van der Waals surface area contributed by atoms with E-state index in [1.165, 1.54) is 0 Å². The molecule has 0 aromatic heterocycles. The molecule has 2 N–H and O–H groups in total. The molecular weight excluding hydrogens is 255 g/mol. The summed E-state index contributed by atoms with van der Waals surface area (Å²) in [5.41, 5.74) is 0.965. The minimum Gasteiger partial charge on any atom is -0.313 e. The number of benzene rings is 1. The summed E-state index contributed by atoms with van der Waals surface area (Å²) in [4.78, 5) is 0. The topological polar surface area (TPSA) is 24.1 Å². The lowest BCUT2D eigenvalue weighted by molar-refractivity contribution is 0.474. The largest absolute Gasteiger partial charge is 0.313 e. The molecule has 2 nitrogen and oxygen atoms in total. The van der Waals surface area contributed by atoms with Gasteiger partial charge in [0.05, 0.1) is 0 Å². The van der Waals surface area contributed by atoms with E-state index in [2.05, 4.69) is 31.4 Å². The van der Waals surface area contributed by atoms with E-state index in [9.17, 15) is 0 Å². The first kappa shape index (κ1) is 14.8. The molecule has 0 saturated carbocycles. The second-order valence-electron chi connectivity index (χ2n) is 4.55. The van der Waals surface area contributed by atoms with Crippen LogP contribution in [0.5, 0.6) is 0 Å². The van der Waals surface area contributed by atoms with Gasteiger partial charge in [0, 0.05) is 40.8 Å². The molecule has 0 aliphatic carbocycles. The molecule has 0 aliphatic heterocycles. The van der Waals surface area contributed by atoms with Crippen molar-refractivity contribution in [2.24, 2.45) is 0 Å². The van der Waals surface area contributed by atoms with E-state index in [-0.39, 0.29) is 0 Å². The SMILES string of the molecule is CC(C)NCC(C)NCc1c(Cl)cccc1Cl. The summed E-state index contributed by atoms with van der Waals surface area (Å²) in [5, 5.41) is 8.22. The van der Waals surface area contributed by atoms with E-state index < -0.39 is 0 Å². The van der Waals surface area contributed by atoms with Gasteiger partial charge in [0.15, 0.2) is 0 Å². The van der Waals surface area contributed by atoms with Crippen molar-refractivity contribution in [1.29, 1.82) is 0 Å². The molecule has 1 aromatic carbocycles. The van der Waals surface area contributed by atoms with Crippen molar-refractivity contribution in [3.05, 3.63) is 33.8 Å². The van der Waals surface area contributed by atoms with Crippen molar-refractivity contribution in [3.63, 3.8) is 0 Å². The van der Waals surface area contributed by atoms with Crippen LogP contribution in [-0.4, -0.2) is 18.6 Å². The van der Waals surface area contributed by atoms with Gasteiger partial charge in [-0.15, -0.1) is 0 Å². The monoisotopic (exact) mass is 274 g/mol. The molecule has 0 fully saturated rings. The number of hydrogen-bond acceptors (Lipinski definition) is 2. The van der Waals surface area contributed by atoms with Crippen LogP contribution in [0, 0.1) is 0 Å². The van der Waals surface area contributed by atoms with Crippen molar-refractivity contribution in [3.8, 4) is 0 Å². The van der Waals surface area contributed by atoms with Crippen LogP contribution in [0.1, 0.15) is 26.3 Å². The normalized spacial score (nSPS) is 13.1. The lowest BCUT2D eigenvalue weighted by Crippen LogP contribution is -2.38. The third-order valence-electron chi connectivity index (χ3n) is 2.52. The highest BCUT2D eigenvalue weighted by Crippen LogP contribution is 2.23. The molecule has 1 unspecified atom stereocenters. The van der Waals surface area contributed by atoms with Crippen LogP contribution in [0.15, 0.2) is 18.2 Å². The molecule has 17 heavy (non-hydrogen) atoms. The third-order valence-corrected chi connectivity index (χ3v) is 3.23. The zero-order valence-electron chi connectivity index (χ0n) is 10.6. The van der Waals surface area contributed by atoms with Crippen molar-refractivity contribution in [2.75, 3.05) is 6.54 Å². The first-order valence-electron chi connectivity index (χ1n) is 5.90. The van der Waals surface area contributed by atoms with Crippen LogP contribution in [0.4, 0.5) is 0 Å². The van der Waals surface area contributed by atoms with E-state index in [1.807, 2.05) is 18.2 Å². The predicted molar refractivity (Wildman–Crippen MR) is 75.9 cm³/mol. The Labute approximate surface area is 114 Å². The second-order valence-corrected chi connectivity index (χ2v) is 5.36. The number of rotatable bonds is 6. The van der Waals surface area contributed by atoms with Crippen molar-refractivity contribution in [2.45, 2.75) is 39.4 Å². The van der Waals surface area contributed by atoms with Gasteiger partial charge >= 0.3 is 0 Å². The van der Waals surface area contributed by atoms with E-state index in [1.54, 1.807) is 0 Å². The first-order chi connectivity index (χ1) is 8.00. The van der Waals surface area contributed by atoms with Crippen LogP contribution >= 0.6 is 23.2 Å². The molecule has 0 amide bonds. The van der Waals surface area contributed by atoms with E-state index in [0.29, 0.717) is 28.7 Å². The fourth-order valence-electron chi connectivity index (χ4n) is 1.46. The van der Waals surface area contributed by atoms with Crippen LogP contribution in [0.2, 0.25) is 10.0 Å². The van der Waals surface area contributed by atoms with Crippen LogP contribution < -0.4 is 10.6 Å². The molecule has 0 aliphatic rings. The summed E-state index contributed by atoms with van der Waals surface area (Å²) in [6, 6.07) is 6.47. The molecular formula is C13H20Cl2N2. The molecule has 1 rings (SSSR count). The Bertz CT molecular complexity index is 333. The summed E-state index contributed by atoms with van der Waals surface area (Å²) in [6.07, 6.45) is 0. The first-order valence-corrected chi connectivity index (χ1v) is 6.66. The van der Waals surface area contributed by atoms with Crippen molar-refractivity contribution < 1.29 is 0 Å². The Morgan fingerprint density at radius 1 is 1.06 bits per heavy atom. The predicted octanol–water partition coefficient (Wildman–Crippen LogP) is 3.47. The molecule has 0 heterocycles. The molecule has 0 spiro atoms. The molecule has 1 atom stereocenters. The molecule has 1 aromatic rings. The van der Waals surface area contributed by atoms with E-state index >= 15 is 0 Å². The quantitative estimate of drug-likeness (QED) is 0.830. The lowest BCUT2D eigenvalue weighted by Gasteiger charge is -2.17. The summed E-state index contributed by atoms with van der Waals surface area (Å²) in [7, 11) is 0. The Morgan fingerprint density at radius 2 is 1.65 bits per heavy atom. The average molecular weight is 275 g/mol. The van der Waals surface area contributed by atoms with Crippen LogP contribution in [0.25, 0.3) is 0 Å². The molecule has 4 heteroatoms. The van der Waals surface area contributed by atoms with Gasteiger partial charge in [-0.2, -0.15) is 0 Å². The maximum Gasteiger partial charge on any atom is 0.0465 e. The Morgan fingerprint density at radius 3 is 2.18 bits per heavy atom. The number of nitrogens with one attached hydrogen (secondary N) is 2. The minimum atomic E-state index is 0.379. The van der Waals surface area contributed by atoms with Gasteiger partial charge in [-0.25, -0.2) is 0 Å². The fraction of sp³-hybridized carbons (Fsp3) is 0.538. The minimum absolute atomic E-state index is 0.379. The average Bonchev–Trinajstić information content (AvgIpc) is 2.25. The highest BCUT2D eigenvalue weighted by atomic mass is 35.5. The highest BCUT2D eigenvalue weighted by Gasteiger charge is 2.07. The maximum atomic E-state index is 6.10. The molecule has 0 bridgehead atoms. The Balaban J connectivity index is 2.44. The van der Waals surface area contributed by atoms with Crippen LogP contribution in [-0.2, 0) is 6.54 Å². The summed E-state index contributed by atoms with van der Waals surface area (Å²) in [6.45, 7) is 8.04. The molecule has 96 valence electrons. The number of halogens is 2. The van der Waals surface area contributed by atoms with E-state index in [0.717, 1.165) is 12.1 Å². The standard InChI is InChI=1S/C13H20Cl2N2/c1-9(2)16-7-10(3)17-8-11-12(14)5-4-6-13(11)15/h4-6,9-10,16-17H,7-8H2,1-3H3. The number of hydrogen-bond donors (Lipinski definition) is 2. The van der Waals surface area contributed by atoms with Crippen LogP contribution in [0.3, 0.4) is 0 Å². The fourth-order valence-corrected chi connectivity index (χ4v) is 1.99. The second kappa shape index (κ2) is 7.22. The van der Waals surface area contributed by atoms with Gasteiger partial charge in [0.1, 0.15) is 0 Å². The Kier molecular flexibility index (Phi) is 6.28. The maximum absolute atomic E-state index is 6.10. The van der Waals surface area contributed by atoms with Crippen molar-refractivity contribution in [1.82, 2.24) is 10.6 Å². The smallest absolute Gasteiger partial charge is 0.0465 e. The van der Waals surface area contributed by atoms with Gasteiger partial charge in [-0.05, 0) is 19.1 Å². The summed E-state index contributed by atoms with van der Waals surface area (Å²) >= 11 is 12.2. The highest BCUT2D eigenvalue weighted by molar-refractivity contribution is 6.35. The van der Waals surface area contributed by atoms with Gasteiger partial charge in [-0.1, -0.05) is 43.1 Å². The van der Waals surface area contributed by atoms with Crippen molar-refractivity contribution >= 4 is 23.2 Å². The summed E-state index contributed by atoms with van der Waals surface area (Å²) in [5.74, 6) is 0. The molecule has 0 radical (unpaired) electrons. The zero-order chi connectivity index (χ0) is 12.8. The van der Waals surface area contributed by atoms with Gasteiger partial charge < -0.3 is 10.6 Å². The summed E-state index contributed by atoms with van der Waals surface area (Å²) < 4.78 is 0. The van der Waals surface area contributed by atoms with Gasteiger partial charge in [0.2, 0.25) is 0 Å². The van der Waals surface area contributed by atoms with Gasteiger partial charge in [-0.3, -0.25) is 0 Å².